The lowest BCUT2D eigenvalue weighted by atomic mass is 9.97. The van der Waals surface area contributed by atoms with Gasteiger partial charge in [0.05, 0.1) is 17.0 Å². The molecule has 0 fully saturated rings. The molecule has 4 aromatic rings. The van der Waals surface area contributed by atoms with Gasteiger partial charge in [0.25, 0.3) is 5.91 Å². The van der Waals surface area contributed by atoms with Crippen LogP contribution in [0.2, 0.25) is 5.02 Å². The van der Waals surface area contributed by atoms with Gasteiger partial charge >= 0.3 is 0 Å². The Morgan fingerprint density at radius 3 is 2.45 bits per heavy atom. The van der Waals surface area contributed by atoms with E-state index < -0.39 is 6.04 Å². The van der Waals surface area contributed by atoms with Crippen LogP contribution in [-0.2, 0) is 0 Å². The molecule has 0 spiro atoms. The minimum atomic E-state index is -0.508. The Bertz CT molecular complexity index is 1380. The Balaban J connectivity index is 1.77. The van der Waals surface area contributed by atoms with E-state index in [1.165, 1.54) is 0 Å². The van der Waals surface area contributed by atoms with Crippen LogP contribution in [0.25, 0.3) is 21.7 Å². The van der Waals surface area contributed by atoms with Crippen LogP contribution in [-0.4, -0.2) is 42.9 Å². The third kappa shape index (κ3) is 3.21. The SMILES string of the molecule is CN(C)CCN1C(=O)c2oc3c(ccc4ccccc43)c(=O)c2C1c1ccc(Cl)cc1. The highest BCUT2D eigenvalue weighted by Gasteiger charge is 2.42. The van der Waals surface area contributed by atoms with Crippen LogP contribution in [0.4, 0.5) is 0 Å². The van der Waals surface area contributed by atoms with E-state index in [2.05, 4.69) is 0 Å². The normalized spacial score (nSPS) is 15.9. The fourth-order valence-electron chi connectivity index (χ4n) is 4.28. The summed E-state index contributed by atoms with van der Waals surface area (Å²) in [6, 6.07) is 18.2. The lowest BCUT2D eigenvalue weighted by Crippen LogP contribution is -2.35. The van der Waals surface area contributed by atoms with Gasteiger partial charge in [-0.2, -0.15) is 0 Å². The zero-order valence-electron chi connectivity index (χ0n) is 17.3. The van der Waals surface area contributed by atoms with Crippen LogP contribution < -0.4 is 5.43 Å². The van der Waals surface area contributed by atoms with Crippen molar-refractivity contribution < 1.29 is 9.21 Å². The van der Waals surface area contributed by atoms with E-state index in [-0.39, 0.29) is 17.1 Å². The van der Waals surface area contributed by atoms with Crippen molar-refractivity contribution in [2.24, 2.45) is 0 Å². The lowest BCUT2D eigenvalue weighted by Gasteiger charge is -2.26. The second-order valence-electron chi connectivity index (χ2n) is 8.09. The van der Waals surface area contributed by atoms with Crippen LogP contribution in [0.5, 0.6) is 0 Å². The van der Waals surface area contributed by atoms with E-state index in [9.17, 15) is 9.59 Å². The highest BCUT2D eigenvalue weighted by atomic mass is 35.5. The first-order chi connectivity index (χ1) is 15.0. The molecule has 5 rings (SSSR count). The molecule has 2 heterocycles. The second-order valence-corrected chi connectivity index (χ2v) is 8.53. The summed E-state index contributed by atoms with van der Waals surface area (Å²) in [5.74, 6) is -0.128. The standard InChI is InChI=1S/C25H21ClN2O3/c1-27(2)13-14-28-21(16-7-10-17(26)11-8-16)20-22(29)19-12-9-15-5-3-4-6-18(15)23(19)31-24(20)25(28)30/h3-12,21H,13-14H2,1-2H3. The molecule has 6 heteroatoms. The van der Waals surface area contributed by atoms with Gasteiger partial charge < -0.3 is 14.2 Å². The Labute approximate surface area is 184 Å². The number of hydrogen-bond donors (Lipinski definition) is 0. The number of benzene rings is 3. The largest absolute Gasteiger partial charge is 0.450 e. The number of halogens is 1. The number of hydrogen-bond acceptors (Lipinski definition) is 4. The van der Waals surface area contributed by atoms with E-state index in [1.807, 2.05) is 61.5 Å². The number of carbonyl (C=O) groups excluding carboxylic acids is 1. The van der Waals surface area contributed by atoms with E-state index in [0.717, 1.165) is 16.3 Å². The molecule has 0 saturated heterocycles. The molecule has 5 nitrogen and oxygen atoms in total. The summed E-state index contributed by atoms with van der Waals surface area (Å²) in [6.07, 6.45) is 0. The molecule has 0 saturated carbocycles. The molecule has 156 valence electrons. The van der Waals surface area contributed by atoms with Gasteiger partial charge in [-0.05, 0) is 43.2 Å². The van der Waals surface area contributed by atoms with E-state index >= 15 is 0 Å². The van der Waals surface area contributed by atoms with Crippen LogP contribution in [0, 0.1) is 0 Å². The molecular weight excluding hydrogens is 412 g/mol. The van der Waals surface area contributed by atoms with Crippen molar-refractivity contribution >= 4 is 39.2 Å². The summed E-state index contributed by atoms with van der Waals surface area (Å²) in [5.41, 5.74) is 1.53. The van der Waals surface area contributed by atoms with Crippen LogP contribution in [0.1, 0.15) is 27.7 Å². The minimum Gasteiger partial charge on any atom is -0.450 e. The zero-order chi connectivity index (χ0) is 21.7. The van der Waals surface area contributed by atoms with Crippen molar-refractivity contribution in [3.63, 3.8) is 0 Å². The van der Waals surface area contributed by atoms with Crippen LogP contribution in [0.3, 0.4) is 0 Å². The van der Waals surface area contributed by atoms with Gasteiger partial charge in [-0.3, -0.25) is 9.59 Å². The van der Waals surface area contributed by atoms with Gasteiger partial charge in [0.2, 0.25) is 5.76 Å². The topological polar surface area (TPSA) is 53.8 Å². The molecule has 31 heavy (non-hydrogen) atoms. The van der Waals surface area contributed by atoms with Crippen molar-refractivity contribution in [2.75, 3.05) is 27.2 Å². The lowest BCUT2D eigenvalue weighted by molar-refractivity contribution is 0.0716. The fourth-order valence-corrected chi connectivity index (χ4v) is 4.40. The summed E-state index contributed by atoms with van der Waals surface area (Å²) in [5, 5.41) is 2.87. The van der Waals surface area contributed by atoms with Gasteiger partial charge in [0, 0.05) is 23.5 Å². The zero-order valence-corrected chi connectivity index (χ0v) is 18.0. The first kappa shape index (κ1) is 19.8. The summed E-state index contributed by atoms with van der Waals surface area (Å²) < 4.78 is 6.19. The van der Waals surface area contributed by atoms with Crippen LogP contribution in [0.15, 0.2) is 69.9 Å². The third-order valence-corrected chi connectivity index (χ3v) is 6.08. The number of likely N-dealkylation sites (N-methyl/N-ethyl adjacent to an activating group) is 1. The minimum absolute atomic E-state index is 0.132. The van der Waals surface area contributed by atoms with Gasteiger partial charge in [-0.15, -0.1) is 0 Å². The Morgan fingerprint density at radius 2 is 1.71 bits per heavy atom. The molecule has 3 aromatic carbocycles. The Morgan fingerprint density at radius 1 is 0.968 bits per heavy atom. The summed E-state index contributed by atoms with van der Waals surface area (Å²) in [7, 11) is 3.91. The highest BCUT2D eigenvalue weighted by molar-refractivity contribution is 6.30. The van der Waals surface area contributed by atoms with E-state index in [4.69, 9.17) is 16.0 Å². The molecule has 0 N–H and O–H groups in total. The average molecular weight is 433 g/mol. The predicted octanol–water partition coefficient (Wildman–Crippen LogP) is 4.71. The number of nitrogens with zero attached hydrogens (tertiary/aromatic N) is 2. The molecule has 1 aliphatic rings. The number of amides is 1. The van der Waals surface area contributed by atoms with Crippen molar-refractivity contribution in [3.8, 4) is 0 Å². The third-order valence-electron chi connectivity index (χ3n) is 5.83. The quantitative estimate of drug-likeness (QED) is 0.438. The molecule has 0 aliphatic carbocycles. The molecule has 0 bridgehead atoms. The predicted molar refractivity (Wildman–Crippen MR) is 123 cm³/mol. The average Bonchev–Trinajstić information content (AvgIpc) is 3.05. The van der Waals surface area contributed by atoms with E-state index in [0.29, 0.717) is 34.6 Å². The maximum atomic E-state index is 13.7. The highest BCUT2D eigenvalue weighted by Crippen LogP contribution is 2.39. The summed E-state index contributed by atoms with van der Waals surface area (Å²) >= 11 is 6.08. The molecule has 1 atom stereocenters. The molecule has 1 unspecified atom stereocenters. The van der Waals surface area contributed by atoms with Crippen molar-refractivity contribution in [1.82, 2.24) is 9.80 Å². The maximum Gasteiger partial charge on any atom is 0.290 e. The van der Waals surface area contributed by atoms with Crippen molar-refractivity contribution in [2.45, 2.75) is 6.04 Å². The second kappa shape index (κ2) is 7.52. The molecule has 1 amide bonds. The first-order valence-electron chi connectivity index (χ1n) is 10.2. The van der Waals surface area contributed by atoms with Gasteiger partial charge in [0.1, 0.15) is 5.58 Å². The molecule has 0 radical (unpaired) electrons. The smallest absolute Gasteiger partial charge is 0.290 e. The van der Waals surface area contributed by atoms with Crippen molar-refractivity contribution in [1.29, 1.82) is 0 Å². The number of carbonyl (C=O) groups is 1. The monoisotopic (exact) mass is 432 g/mol. The first-order valence-corrected chi connectivity index (χ1v) is 10.5. The van der Waals surface area contributed by atoms with Gasteiger partial charge in [-0.1, -0.05) is 54.1 Å². The fraction of sp³-hybridized carbons (Fsp3) is 0.200. The van der Waals surface area contributed by atoms with Crippen LogP contribution >= 0.6 is 11.6 Å². The van der Waals surface area contributed by atoms with Gasteiger partial charge in [-0.25, -0.2) is 0 Å². The molecule has 1 aromatic heterocycles. The van der Waals surface area contributed by atoms with Gasteiger partial charge in [0.15, 0.2) is 5.43 Å². The van der Waals surface area contributed by atoms with Crippen molar-refractivity contribution in [3.05, 3.63) is 92.8 Å². The summed E-state index contributed by atoms with van der Waals surface area (Å²) in [4.78, 5) is 30.8. The summed E-state index contributed by atoms with van der Waals surface area (Å²) in [6.45, 7) is 1.14. The Kier molecular flexibility index (Phi) is 4.80. The molecular formula is C25H21ClN2O3. The number of fused-ring (bicyclic) bond motifs is 4. The Hall–Kier alpha value is -3.15. The maximum absolute atomic E-state index is 13.7. The molecule has 1 aliphatic heterocycles. The number of rotatable bonds is 4. The van der Waals surface area contributed by atoms with E-state index in [1.54, 1.807) is 23.1 Å².